The van der Waals surface area contributed by atoms with Crippen LogP contribution in [-0.2, 0) is 5.75 Å². The number of nitrogens with zero attached hydrogens (tertiary/aromatic N) is 4. The van der Waals surface area contributed by atoms with E-state index in [0.29, 0.717) is 34.3 Å². The van der Waals surface area contributed by atoms with Crippen molar-refractivity contribution in [2.75, 3.05) is 0 Å². The number of aromatic nitrogens is 3. The number of rotatable bonds is 3. The number of hydrogen-bond acceptors (Lipinski definition) is 6. The van der Waals surface area contributed by atoms with Gasteiger partial charge in [0.15, 0.2) is 0 Å². The maximum atomic E-state index is 9.06. The summed E-state index contributed by atoms with van der Waals surface area (Å²) in [5.41, 5.74) is 2.80. The summed E-state index contributed by atoms with van der Waals surface area (Å²) in [4.78, 5) is 8.50. The van der Waals surface area contributed by atoms with Crippen molar-refractivity contribution in [3.8, 4) is 29.0 Å². The summed E-state index contributed by atoms with van der Waals surface area (Å²) in [7, 11) is 0. The van der Waals surface area contributed by atoms with E-state index in [2.05, 4.69) is 33.8 Å². The molecule has 0 bridgehead atoms. The predicted octanol–water partition coefficient (Wildman–Crippen LogP) is 3.10. The molecule has 0 amide bonds. The van der Waals surface area contributed by atoms with Gasteiger partial charge >= 0.3 is 0 Å². The van der Waals surface area contributed by atoms with Crippen LogP contribution in [0.3, 0.4) is 0 Å². The Labute approximate surface area is 126 Å². The topological polar surface area (TPSA) is 75.6 Å². The molecule has 6 heteroatoms. The lowest BCUT2D eigenvalue weighted by Crippen LogP contribution is -1.87. The largest absolute Gasteiger partial charge is 0.334 e. The van der Waals surface area contributed by atoms with Gasteiger partial charge in [-0.1, -0.05) is 11.2 Å². The zero-order chi connectivity index (χ0) is 14.7. The highest BCUT2D eigenvalue weighted by molar-refractivity contribution is 7.79. The van der Waals surface area contributed by atoms with Crippen LogP contribution in [0, 0.1) is 11.3 Å². The Morgan fingerprint density at radius 2 is 2.14 bits per heavy atom. The molecule has 5 nitrogen and oxygen atoms in total. The lowest BCUT2D eigenvalue weighted by Gasteiger charge is -2.00. The van der Waals surface area contributed by atoms with Crippen LogP contribution < -0.4 is 0 Å². The molecule has 3 aromatic rings. The van der Waals surface area contributed by atoms with Gasteiger partial charge in [-0.15, -0.1) is 0 Å². The summed E-state index contributed by atoms with van der Waals surface area (Å²) >= 11 is 4.23. The van der Waals surface area contributed by atoms with Gasteiger partial charge in [0.25, 0.3) is 5.89 Å². The van der Waals surface area contributed by atoms with Gasteiger partial charge in [-0.3, -0.25) is 4.98 Å². The van der Waals surface area contributed by atoms with Gasteiger partial charge in [0.05, 0.1) is 11.6 Å². The maximum absolute atomic E-state index is 9.06. The van der Waals surface area contributed by atoms with Crippen LogP contribution in [-0.4, -0.2) is 15.1 Å². The summed E-state index contributed by atoms with van der Waals surface area (Å²) < 4.78 is 5.27. The molecular weight excluding hydrogens is 284 g/mol. The molecule has 0 saturated carbocycles. The van der Waals surface area contributed by atoms with E-state index in [0.717, 1.165) is 5.56 Å². The van der Waals surface area contributed by atoms with Crippen molar-refractivity contribution in [2.24, 2.45) is 0 Å². The number of nitriles is 1. The third-order valence-corrected chi connectivity index (χ3v) is 3.24. The van der Waals surface area contributed by atoms with Crippen LogP contribution in [0.5, 0.6) is 0 Å². The van der Waals surface area contributed by atoms with Gasteiger partial charge in [0.2, 0.25) is 5.82 Å². The van der Waals surface area contributed by atoms with Crippen LogP contribution in [0.15, 0.2) is 47.1 Å². The fraction of sp³-hybridized carbons (Fsp3) is 0.0667. The van der Waals surface area contributed by atoms with Gasteiger partial charge in [-0.25, -0.2) is 0 Å². The summed E-state index contributed by atoms with van der Waals surface area (Å²) in [6, 6.07) is 13.0. The quantitative estimate of drug-likeness (QED) is 0.751. The Hall–Kier alpha value is -2.65. The molecule has 1 aromatic carbocycles. The molecule has 0 radical (unpaired) electrons. The molecule has 0 atom stereocenters. The van der Waals surface area contributed by atoms with Crippen molar-refractivity contribution in [2.45, 2.75) is 5.75 Å². The molecule has 0 unspecified atom stereocenters. The van der Waals surface area contributed by atoms with E-state index in [9.17, 15) is 0 Å². The molecule has 0 fully saturated rings. The number of hydrogen-bond donors (Lipinski definition) is 1. The Balaban J connectivity index is 2.02. The average molecular weight is 294 g/mol. The first-order chi connectivity index (χ1) is 10.3. The SMILES string of the molecule is N#Cc1cc(CS)cc(-c2nc(-c3ccccn3)no2)c1. The Morgan fingerprint density at radius 1 is 1.24 bits per heavy atom. The van der Waals surface area contributed by atoms with E-state index in [1.165, 1.54) is 0 Å². The van der Waals surface area contributed by atoms with Crippen LogP contribution >= 0.6 is 12.6 Å². The van der Waals surface area contributed by atoms with Crippen molar-refractivity contribution in [1.29, 1.82) is 5.26 Å². The first-order valence-corrected chi connectivity index (χ1v) is 6.84. The van der Waals surface area contributed by atoms with Gasteiger partial charge < -0.3 is 4.52 Å². The van der Waals surface area contributed by atoms with Gasteiger partial charge in [-0.05, 0) is 35.9 Å². The monoisotopic (exact) mass is 294 g/mol. The number of pyridine rings is 1. The third kappa shape index (κ3) is 2.78. The smallest absolute Gasteiger partial charge is 0.258 e. The Morgan fingerprint density at radius 3 is 2.86 bits per heavy atom. The standard InChI is InChI=1S/C15H10N4OS/c16-8-10-5-11(9-21)7-12(6-10)15-18-14(19-20-15)13-3-1-2-4-17-13/h1-7,21H,9H2. The summed E-state index contributed by atoms with van der Waals surface area (Å²) in [6.45, 7) is 0. The minimum absolute atomic E-state index is 0.357. The van der Waals surface area contributed by atoms with E-state index in [1.54, 1.807) is 24.4 Å². The molecule has 0 aliphatic heterocycles. The molecule has 3 rings (SSSR count). The van der Waals surface area contributed by atoms with E-state index in [4.69, 9.17) is 9.78 Å². The fourth-order valence-electron chi connectivity index (χ4n) is 1.91. The van der Waals surface area contributed by atoms with Crippen molar-refractivity contribution < 1.29 is 4.52 Å². The van der Waals surface area contributed by atoms with E-state index in [1.807, 2.05) is 18.2 Å². The second-order valence-electron chi connectivity index (χ2n) is 4.33. The van der Waals surface area contributed by atoms with Crippen molar-refractivity contribution in [3.05, 3.63) is 53.7 Å². The lowest BCUT2D eigenvalue weighted by molar-refractivity contribution is 0.432. The normalized spacial score (nSPS) is 10.3. The zero-order valence-electron chi connectivity index (χ0n) is 10.9. The Bertz CT molecular complexity index is 808. The fourth-order valence-corrected chi connectivity index (χ4v) is 2.09. The summed E-state index contributed by atoms with van der Waals surface area (Å²) in [6.07, 6.45) is 1.67. The highest BCUT2D eigenvalue weighted by Gasteiger charge is 2.12. The molecule has 21 heavy (non-hydrogen) atoms. The zero-order valence-corrected chi connectivity index (χ0v) is 11.8. The molecule has 0 aliphatic rings. The van der Waals surface area contributed by atoms with E-state index >= 15 is 0 Å². The molecule has 0 aliphatic carbocycles. The van der Waals surface area contributed by atoms with E-state index < -0.39 is 0 Å². The highest BCUT2D eigenvalue weighted by atomic mass is 32.1. The van der Waals surface area contributed by atoms with Crippen LogP contribution in [0.2, 0.25) is 0 Å². The summed E-state index contributed by atoms with van der Waals surface area (Å²) in [5.74, 6) is 1.31. The minimum atomic E-state index is 0.357. The molecule has 0 saturated heterocycles. The van der Waals surface area contributed by atoms with Crippen molar-refractivity contribution in [1.82, 2.24) is 15.1 Å². The second-order valence-corrected chi connectivity index (χ2v) is 4.64. The minimum Gasteiger partial charge on any atom is -0.334 e. The molecular formula is C15H10N4OS. The Kier molecular flexibility index (Phi) is 3.67. The first-order valence-electron chi connectivity index (χ1n) is 6.20. The second kappa shape index (κ2) is 5.77. The van der Waals surface area contributed by atoms with Crippen molar-refractivity contribution >= 4 is 12.6 Å². The molecule has 2 aromatic heterocycles. The van der Waals surface area contributed by atoms with E-state index in [-0.39, 0.29) is 0 Å². The highest BCUT2D eigenvalue weighted by Crippen LogP contribution is 2.24. The van der Waals surface area contributed by atoms with Gasteiger partial charge in [-0.2, -0.15) is 22.9 Å². The summed E-state index contributed by atoms with van der Waals surface area (Å²) in [5, 5.41) is 13.0. The first kappa shape index (κ1) is 13.3. The number of thiol groups is 1. The van der Waals surface area contributed by atoms with Crippen LogP contribution in [0.4, 0.5) is 0 Å². The predicted molar refractivity (Wildman–Crippen MR) is 80.4 cm³/mol. The third-order valence-electron chi connectivity index (χ3n) is 2.87. The maximum Gasteiger partial charge on any atom is 0.258 e. The number of benzene rings is 1. The molecule has 0 spiro atoms. The van der Waals surface area contributed by atoms with Gasteiger partial charge in [0.1, 0.15) is 5.69 Å². The molecule has 0 N–H and O–H groups in total. The lowest BCUT2D eigenvalue weighted by atomic mass is 10.1. The van der Waals surface area contributed by atoms with Gasteiger partial charge in [0, 0.05) is 17.5 Å². The molecule has 2 heterocycles. The average Bonchev–Trinajstić information content (AvgIpc) is 3.05. The molecule has 102 valence electrons. The van der Waals surface area contributed by atoms with Crippen molar-refractivity contribution in [3.63, 3.8) is 0 Å². The van der Waals surface area contributed by atoms with Crippen LogP contribution in [0.25, 0.3) is 23.0 Å². The van der Waals surface area contributed by atoms with Crippen LogP contribution in [0.1, 0.15) is 11.1 Å².